The van der Waals surface area contributed by atoms with Gasteiger partial charge in [0.05, 0.1) is 0 Å². The summed E-state index contributed by atoms with van der Waals surface area (Å²) in [5.74, 6) is 0.228. The zero-order chi connectivity index (χ0) is 10.6. The van der Waals surface area contributed by atoms with Gasteiger partial charge in [-0.25, -0.2) is 0 Å². The van der Waals surface area contributed by atoms with Crippen LogP contribution in [0.15, 0.2) is 12.2 Å². The van der Waals surface area contributed by atoms with Gasteiger partial charge in [-0.2, -0.15) is 0 Å². The summed E-state index contributed by atoms with van der Waals surface area (Å²) in [5, 5.41) is 2.87. The minimum Gasteiger partial charge on any atom is -0.434 e. The lowest BCUT2D eigenvalue weighted by atomic mass is 9.79. The van der Waals surface area contributed by atoms with Crippen molar-refractivity contribution < 1.29 is 9.45 Å². The molecular weight excluding hydrogens is 177 g/mol. The second-order valence-corrected chi connectivity index (χ2v) is 4.09. The normalized spacial score (nSPS) is 26.4. The maximum Gasteiger partial charge on any atom is 0.297 e. The van der Waals surface area contributed by atoms with Crippen LogP contribution in [0, 0.1) is 0 Å². The molecule has 0 aromatic carbocycles. The van der Waals surface area contributed by atoms with Gasteiger partial charge in [0, 0.05) is 19.0 Å². The van der Waals surface area contributed by atoms with Crippen LogP contribution in [-0.2, 0) is 9.45 Å². The van der Waals surface area contributed by atoms with E-state index in [-0.39, 0.29) is 11.8 Å². The van der Waals surface area contributed by atoms with E-state index in [4.69, 9.17) is 4.65 Å². The molecule has 2 atom stereocenters. The lowest BCUT2D eigenvalue weighted by Crippen LogP contribution is -2.44. The van der Waals surface area contributed by atoms with Crippen LogP contribution < -0.4 is 5.32 Å². The van der Waals surface area contributed by atoms with Gasteiger partial charge in [0.1, 0.15) is 0 Å². The topological polar surface area (TPSA) is 38.3 Å². The fourth-order valence-electron chi connectivity index (χ4n) is 1.76. The lowest BCUT2D eigenvalue weighted by molar-refractivity contribution is -0.119. The zero-order valence-corrected chi connectivity index (χ0v) is 9.01. The van der Waals surface area contributed by atoms with Gasteiger partial charge in [-0.3, -0.25) is 4.79 Å². The predicted octanol–water partition coefficient (Wildman–Crippen LogP) is 0.945. The average molecular weight is 195 g/mol. The van der Waals surface area contributed by atoms with E-state index < -0.39 is 0 Å². The van der Waals surface area contributed by atoms with Crippen molar-refractivity contribution >= 4 is 13.4 Å². The highest BCUT2D eigenvalue weighted by molar-refractivity contribution is 6.30. The summed E-state index contributed by atoms with van der Waals surface area (Å²) >= 11 is 0. The van der Waals surface area contributed by atoms with Crippen LogP contribution in [0.4, 0.5) is 0 Å². The number of amides is 1. The highest BCUT2D eigenvalue weighted by atomic mass is 16.4. The Morgan fingerprint density at radius 3 is 2.71 bits per heavy atom. The lowest BCUT2D eigenvalue weighted by Gasteiger charge is -2.28. The molecule has 1 N–H and O–H groups in total. The Morgan fingerprint density at radius 1 is 1.57 bits per heavy atom. The molecule has 1 heterocycles. The van der Waals surface area contributed by atoms with Crippen molar-refractivity contribution in [3.63, 3.8) is 0 Å². The summed E-state index contributed by atoms with van der Waals surface area (Å²) < 4.78 is 5.63. The Balaban J connectivity index is 2.24. The molecule has 2 unspecified atom stereocenters. The molecule has 0 bridgehead atoms. The van der Waals surface area contributed by atoms with Gasteiger partial charge in [-0.1, -0.05) is 5.57 Å². The summed E-state index contributed by atoms with van der Waals surface area (Å²) in [5.41, 5.74) is 1.16. The molecule has 14 heavy (non-hydrogen) atoms. The SMILES string of the molecule is C=C(C)CC1CCC(NC(C)=O)BO1. The van der Waals surface area contributed by atoms with Gasteiger partial charge in [0.2, 0.25) is 5.91 Å². The third kappa shape index (κ3) is 3.96. The van der Waals surface area contributed by atoms with Crippen molar-refractivity contribution in [2.45, 2.75) is 45.2 Å². The van der Waals surface area contributed by atoms with Crippen molar-refractivity contribution in [3.05, 3.63) is 12.2 Å². The average Bonchev–Trinajstić information content (AvgIpc) is 2.06. The minimum atomic E-state index is 0.0250. The minimum absolute atomic E-state index is 0.0250. The van der Waals surface area contributed by atoms with Crippen molar-refractivity contribution in [1.29, 1.82) is 0 Å². The van der Waals surface area contributed by atoms with E-state index in [2.05, 4.69) is 11.9 Å². The molecule has 0 spiro atoms. The summed E-state index contributed by atoms with van der Waals surface area (Å²) in [6.45, 7) is 7.43. The highest BCUT2D eigenvalue weighted by Gasteiger charge is 2.23. The molecule has 78 valence electrons. The molecule has 1 saturated heterocycles. The molecular formula is C10H18BNO2. The third-order valence-electron chi connectivity index (χ3n) is 2.35. The molecule has 4 heteroatoms. The number of nitrogens with one attached hydrogen (secondary N) is 1. The fourth-order valence-corrected chi connectivity index (χ4v) is 1.76. The van der Waals surface area contributed by atoms with Crippen LogP contribution in [-0.4, -0.2) is 25.4 Å². The molecule has 1 aliphatic rings. The third-order valence-corrected chi connectivity index (χ3v) is 2.35. The number of carbonyl (C=O) groups excluding carboxylic acids is 1. The summed E-state index contributed by atoms with van der Waals surface area (Å²) in [6.07, 6.45) is 3.26. The zero-order valence-electron chi connectivity index (χ0n) is 9.01. The molecule has 0 saturated carbocycles. The molecule has 3 nitrogen and oxygen atoms in total. The quantitative estimate of drug-likeness (QED) is 0.537. The Kier molecular flexibility index (Phi) is 4.20. The van der Waals surface area contributed by atoms with Crippen LogP contribution >= 0.6 is 0 Å². The monoisotopic (exact) mass is 195 g/mol. The molecule has 1 amide bonds. The smallest absolute Gasteiger partial charge is 0.297 e. The van der Waals surface area contributed by atoms with Crippen LogP contribution in [0.2, 0.25) is 0 Å². The van der Waals surface area contributed by atoms with Gasteiger partial charge < -0.3 is 9.97 Å². The van der Waals surface area contributed by atoms with E-state index in [0.717, 1.165) is 24.8 Å². The van der Waals surface area contributed by atoms with Gasteiger partial charge in [-0.15, -0.1) is 6.58 Å². The highest BCUT2D eigenvalue weighted by Crippen LogP contribution is 2.17. The van der Waals surface area contributed by atoms with E-state index in [9.17, 15) is 4.79 Å². The van der Waals surface area contributed by atoms with Gasteiger partial charge in [0.15, 0.2) is 0 Å². The van der Waals surface area contributed by atoms with Gasteiger partial charge in [-0.05, 0) is 26.2 Å². The summed E-state index contributed by atoms with van der Waals surface area (Å²) in [7, 11) is 0.636. The molecule has 0 aliphatic carbocycles. The van der Waals surface area contributed by atoms with Gasteiger partial charge in [0.25, 0.3) is 7.48 Å². The second-order valence-electron chi connectivity index (χ2n) is 4.09. The van der Waals surface area contributed by atoms with Crippen LogP contribution in [0.1, 0.15) is 33.1 Å². The van der Waals surface area contributed by atoms with Crippen molar-refractivity contribution in [2.24, 2.45) is 0 Å². The first-order valence-corrected chi connectivity index (χ1v) is 5.11. The van der Waals surface area contributed by atoms with Crippen LogP contribution in [0.3, 0.4) is 0 Å². The van der Waals surface area contributed by atoms with Crippen LogP contribution in [0.5, 0.6) is 0 Å². The Labute approximate surface area is 86.2 Å². The van der Waals surface area contributed by atoms with Crippen molar-refractivity contribution in [2.75, 3.05) is 0 Å². The van der Waals surface area contributed by atoms with E-state index in [1.54, 1.807) is 6.92 Å². The Morgan fingerprint density at radius 2 is 2.29 bits per heavy atom. The maximum atomic E-state index is 10.8. The summed E-state index contributed by atoms with van der Waals surface area (Å²) in [4.78, 5) is 10.8. The molecule has 0 radical (unpaired) electrons. The van der Waals surface area contributed by atoms with Crippen molar-refractivity contribution in [3.8, 4) is 0 Å². The Hall–Kier alpha value is -0.765. The first-order chi connectivity index (χ1) is 6.58. The number of hydrogen-bond acceptors (Lipinski definition) is 2. The van der Waals surface area contributed by atoms with E-state index in [0.29, 0.717) is 13.6 Å². The van der Waals surface area contributed by atoms with Crippen LogP contribution in [0.25, 0.3) is 0 Å². The Bertz CT molecular complexity index is 198. The van der Waals surface area contributed by atoms with Gasteiger partial charge >= 0.3 is 0 Å². The number of hydrogen-bond donors (Lipinski definition) is 1. The van der Waals surface area contributed by atoms with E-state index in [1.807, 2.05) is 6.92 Å². The molecule has 1 aliphatic heterocycles. The first-order valence-electron chi connectivity index (χ1n) is 5.11. The number of carbonyl (C=O) groups is 1. The molecule has 1 rings (SSSR count). The van der Waals surface area contributed by atoms with E-state index in [1.165, 1.54) is 0 Å². The first kappa shape index (κ1) is 11.3. The maximum absolute atomic E-state index is 10.8. The predicted molar refractivity (Wildman–Crippen MR) is 58.3 cm³/mol. The molecule has 1 fully saturated rings. The largest absolute Gasteiger partial charge is 0.434 e. The van der Waals surface area contributed by atoms with E-state index >= 15 is 0 Å². The van der Waals surface area contributed by atoms with Crippen molar-refractivity contribution in [1.82, 2.24) is 5.32 Å². The molecule has 0 aromatic heterocycles. The standard InChI is InChI=1S/C10H18BNO2/c1-7(2)6-9-4-5-10(11-14-9)12-8(3)13/h9-11H,1,4-6H2,2-3H3,(H,12,13). The second kappa shape index (κ2) is 5.20. The number of rotatable bonds is 3. The summed E-state index contributed by atoms with van der Waals surface area (Å²) in [6, 6.07) is 0. The fraction of sp³-hybridized carbons (Fsp3) is 0.700. The molecule has 0 aromatic rings.